The van der Waals surface area contributed by atoms with Gasteiger partial charge in [0.05, 0.1) is 0 Å². The molecule has 5 nitrogen and oxygen atoms in total. The van der Waals surface area contributed by atoms with E-state index in [1.165, 1.54) is 18.2 Å². The van der Waals surface area contributed by atoms with Crippen molar-refractivity contribution in [2.24, 2.45) is 0 Å². The van der Waals surface area contributed by atoms with Crippen LogP contribution in [0.15, 0.2) is 88.6 Å². The molecule has 1 heterocycles. The van der Waals surface area contributed by atoms with Crippen molar-refractivity contribution in [3.05, 3.63) is 112 Å². The van der Waals surface area contributed by atoms with Crippen LogP contribution in [0.2, 0.25) is 0 Å². The zero-order valence-electron chi connectivity index (χ0n) is 16.9. The predicted molar refractivity (Wildman–Crippen MR) is 119 cm³/mol. The Morgan fingerprint density at radius 2 is 1.61 bits per heavy atom. The molecule has 0 radical (unpaired) electrons. The molecule has 0 atom stereocenters. The maximum Gasteiger partial charge on any atom is 0.252 e. The fraction of sp³-hybridized carbons (Fsp3) is 0.125. The average molecular weight is 437 g/mol. The Balaban J connectivity index is 1.79. The van der Waals surface area contributed by atoms with Gasteiger partial charge in [0.15, 0.2) is 0 Å². The van der Waals surface area contributed by atoms with Gasteiger partial charge in [0, 0.05) is 24.2 Å². The van der Waals surface area contributed by atoms with Gasteiger partial charge in [0.25, 0.3) is 5.56 Å². The van der Waals surface area contributed by atoms with E-state index >= 15 is 0 Å². The van der Waals surface area contributed by atoms with Gasteiger partial charge in [-0.3, -0.25) is 4.79 Å². The number of nitrogens with one attached hydrogen (secondary N) is 1. The zero-order valence-corrected chi connectivity index (χ0v) is 17.7. The van der Waals surface area contributed by atoms with Crippen molar-refractivity contribution < 1.29 is 12.8 Å². The molecule has 0 aliphatic carbocycles. The zero-order chi connectivity index (χ0) is 22.0. The summed E-state index contributed by atoms with van der Waals surface area (Å²) in [7, 11) is -4.20. The Bertz CT molecular complexity index is 1400. The molecule has 31 heavy (non-hydrogen) atoms. The number of fused-ring (bicyclic) bond motifs is 1. The van der Waals surface area contributed by atoms with Gasteiger partial charge in [-0.05, 0) is 47.7 Å². The second-order valence-electron chi connectivity index (χ2n) is 7.40. The highest BCUT2D eigenvalue weighted by Crippen LogP contribution is 2.23. The summed E-state index contributed by atoms with van der Waals surface area (Å²) in [6.07, 6.45) is 0. The number of hydrogen-bond donors (Lipinski definition) is 1. The molecule has 0 bridgehead atoms. The van der Waals surface area contributed by atoms with Gasteiger partial charge >= 0.3 is 0 Å². The Kier molecular flexibility index (Phi) is 5.71. The van der Waals surface area contributed by atoms with Crippen LogP contribution in [0.1, 0.15) is 16.7 Å². The van der Waals surface area contributed by atoms with Gasteiger partial charge in [-0.2, -0.15) is 4.31 Å². The van der Waals surface area contributed by atoms with Gasteiger partial charge in [-0.1, -0.05) is 54.6 Å². The Labute approximate surface area is 179 Å². The molecule has 0 aliphatic heterocycles. The summed E-state index contributed by atoms with van der Waals surface area (Å²) in [5.74, 6) is -0.830. The van der Waals surface area contributed by atoms with Crippen molar-refractivity contribution >= 4 is 20.9 Å². The Hall–Kier alpha value is -3.29. The molecule has 0 amide bonds. The van der Waals surface area contributed by atoms with Crippen LogP contribution in [0.4, 0.5) is 4.39 Å². The fourth-order valence-electron chi connectivity index (χ4n) is 3.47. The van der Waals surface area contributed by atoms with Crippen molar-refractivity contribution in [2.75, 3.05) is 0 Å². The minimum absolute atomic E-state index is 0.00286. The van der Waals surface area contributed by atoms with Crippen molar-refractivity contribution in [1.82, 2.24) is 9.29 Å². The maximum atomic E-state index is 14.4. The number of aromatic amines is 1. The summed E-state index contributed by atoms with van der Waals surface area (Å²) in [6, 6.07) is 21.6. The van der Waals surface area contributed by atoms with Crippen LogP contribution in [-0.2, 0) is 23.1 Å². The molecule has 1 aromatic heterocycles. The molecular formula is C24H21FN2O3S. The van der Waals surface area contributed by atoms with E-state index in [2.05, 4.69) is 4.98 Å². The van der Waals surface area contributed by atoms with Crippen molar-refractivity contribution in [3.63, 3.8) is 0 Å². The van der Waals surface area contributed by atoms with E-state index in [1.54, 1.807) is 30.3 Å². The molecule has 0 unspecified atom stereocenters. The number of hydrogen-bond acceptors (Lipinski definition) is 3. The lowest BCUT2D eigenvalue weighted by Crippen LogP contribution is -2.33. The molecule has 1 N–H and O–H groups in total. The predicted octanol–water partition coefficient (Wildman–Crippen LogP) is 4.37. The van der Waals surface area contributed by atoms with E-state index in [0.29, 0.717) is 5.52 Å². The SMILES string of the molecule is Cc1ccc2cc(CN(Cc3ccccc3)S(=O)(=O)c3ccccc3F)c(=O)[nH]c2c1. The number of rotatable bonds is 6. The van der Waals surface area contributed by atoms with Crippen LogP contribution in [0.25, 0.3) is 10.9 Å². The van der Waals surface area contributed by atoms with Crippen LogP contribution in [0, 0.1) is 12.7 Å². The topological polar surface area (TPSA) is 70.2 Å². The van der Waals surface area contributed by atoms with E-state index in [1.807, 2.05) is 31.2 Å². The van der Waals surface area contributed by atoms with Crippen molar-refractivity contribution in [1.29, 1.82) is 0 Å². The molecule has 0 saturated carbocycles. The summed E-state index contributed by atoms with van der Waals surface area (Å²) in [6.45, 7) is 1.74. The second kappa shape index (κ2) is 8.45. The van der Waals surface area contributed by atoms with E-state index < -0.39 is 20.7 Å². The van der Waals surface area contributed by atoms with E-state index in [-0.39, 0.29) is 24.2 Å². The number of nitrogens with zero attached hydrogens (tertiary/aromatic N) is 1. The van der Waals surface area contributed by atoms with Gasteiger partial charge in [0.1, 0.15) is 10.7 Å². The smallest absolute Gasteiger partial charge is 0.252 e. The number of sulfonamides is 1. The first-order valence-electron chi connectivity index (χ1n) is 9.76. The molecule has 7 heteroatoms. The van der Waals surface area contributed by atoms with Gasteiger partial charge < -0.3 is 4.98 Å². The van der Waals surface area contributed by atoms with Crippen molar-refractivity contribution in [2.45, 2.75) is 24.9 Å². The van der Waals surface area contributed by atoms with Crippen LogP contribution >= 0.6 is 0 Å². The molecule has 0 aliphatic rings. The highest BCUT2D eigenvalue weighted by molar-refractivity contribution is 7.89. The molecule has 0 fully saturated rings. The van der Waals surface area contributed by atoms with Gasteiger partial charge in [-0.15, -0.1) is 0 Å². The van der Waals surface area contributed by atoms with Crippen LogP contribution in [0.5, 0.6) is 0 Å². The molecule has 3 aromatic carbocycles. The molecule has 0 saturated heterocycles. The third-order valence-corrected chi connectivity index (χ3v) is 6.91. The first-order chi connectivity index (χ1) is 14.8. The fourth-order valence-corrected chi connectivity index (χ4v) is 4.94. The first-order valence-corrected chi connectivity index (χ1v) is 11.2. The minimum Gasteiger partial charge on any atom is -0.322 e. The van der Waals surface area contributed by atoms with E-state index in [9.17, 15) is 17.6 Å². The number of H-pyrrole nitrogens is 1. The first kappa shape index (κ1) is 21.0. The number of aryl methyl sites for hydroxylation is 1. The summed E-state index contributed by atoms with van der Waals surface area (Å²) in [5, 5.41) is 0.795. The van der Waals surface area contributed by atoms with Crippen LogP contribution < -0.4 is 5.56 Å². The molecule has 4 aromatic rings. The monoisotopic (exact) mass is 436 g/mol. The van der Waals surface area contributed by atoms with Crippen molar-refractivity contribution in [3.8, 4) is 0 Å². The maximum absolute atomic E-state index is 14.4. The van der Waals surface area contributed by atoms with Gasteiger partial charge in [-0.25, -0.2) is 12.8 Å². The normalized spacial score (nSPS) is 11.8. The average Bonchev–Trinajstić information content (AvgIpc) is 2.74. The summed E-state index contributed by atoms with van der Waals surface area (Å²) in [5.41, 5.74) is 2.33. The van der Waals surface area contributed by atoms with E-state index in [4.69, 9.17) is 0 Å². The second-order valence-corrected chi connectivity index (χ2v) is 9.31. The summed E-state index contributed by atoms with van der Waals surface area (Å²) >= 11 is 0. The Morgan fingerprint density at radius 1 is 0.903 bits per heavy atom. The third-order valence-electron chi connectivity index (χ3n) is 5.08. The minimum atomic E-state index is -4.20. The number of aromatic nitrogens is 1. The molecule has 158 valence electrons. The summed E-state index contributed by atoms with van der Waals surface area (Å²) < 4.78 is 42.2. The lowest BCUT2D eigenvalue weighted by Gasteiger charge is -2.22. The largest absolute Gasteiger partial charge is 0.322 e. The standard InChI is InChI=1S/C24H21FN2O3S/c1-17-11-12-19-14-20(24(28)26-22(19)13-17)16-27(15-18-7-3-2-4-8-18)31(29,30)23-10-6-5-9-21(23)25/h2-14H,15-16H2,1H3,(H,26,28). The van der Waals surface area contributed by atoms with Crippen LogP contribution in [-0.4, -0.2) is 17.7 Å². The van der Waals surface area contributed by atoms with E-state index in [0.717, 1.165) is 26.9 Å². The molecule has 0 spiro atoms. The highest BCUT2D eigenvalue weighted by Gasteiger charge is 2.28. The lowest BCUT2D eigenvalue weighted by molar-refractivity contribution is 0.396. The quantitative estimate of drug-likeness (QED) is 0.488. The lowest BCUT2D eigenvalue weighted by atomic mass is 10.1. The molecular weight excluding hydrogens is 415 g/mol. The highest BCUT2D eigenvalue weighted by atomic mass is 32.2. The number of halogens is 1. The third kappa shape index (κ3) is 4.42. The Morgan fingerprint density at radius 3 is 2.35 bits per heavy atom. The number of pyridine rings is 1. The molecule has 4 rings (SSSR count). The van der Waals surface area contributed by atoms with Gasteiger partial charge in [0.2, 0.25) is 10.0 Å². The summed E-state index contributed by atoms with van der Waals surface area (Å²) in [4.78, 5) is 15.1. The van der Waals surface area contributed by atoms with Crippen LogP contribution in [0.3, 0.4) is 0 Å². The number of benzene rings is 3.